The van der Waals surface area contributed by atoms with E-state index < -0.39 is 0 Å². The number of ether oxygens (including phenoxy) is 1. The van der Waals surface area contributed by atoms with Crippen LogP contribution in [0.5, 0.6) is 5.75 Å². The minimum absolute atomic E-state index is 0.122. The highest BCUT2D eigenvalue weighted by Gasteiger charge is 2.07. The molecule has 0 unspecified atom stereocenters. The Morgan fingerprint density at radius 2 is 2.29 bits per heavy atom. The third kappa shape index (κ3) is 2.11. The van der Waals surface area contributed by atoms with Gasteiger partial charge in [-0.05, 0) is 32.0 Å². The van der Waals surface area contributed by atoms with E-state index >= 15 is 0 Å². The van der Waals surface area contributed by atoms with E-state index in [-0.39, 0.29) is 5.78 Å². The van der Waals surface area contributed by atoms with Gasteiger partial charge in [-0.25, -0.2) is 0 Å². The molecular formula is C11H11NO2. The van der Waals surface area contributed by atoms with E-state index in [2.05, 4.69) is 0 Å². The summed E-state index contributed by atoms with van der Waals surface area (Å²) in [6, 6.07) is 6.86. The summed E-state index contributed by atoms with van der Waals surface area (Å²) in [5.41, 5.74) is 0.805. The molecule has 0 aliphatic carbocycles. The molecule has 0 spiro atoms. The summed E-state index contributed by atoms with van der Waals surface area (Å²) >= 11 is 0. The van der Waals surface area contributed by atoms with Crippen molar-refractivity contribution in [2.45, 2.75) is 13.8 Å². The first-order valence-corrected chi connectivity index (χ1v) is 4.37. The Bertz CT molecular complexity index is 391. The van der Waals surface area contributed by atoms with Crippen molar-refractivity contribution in [1.82, 2.24) is 0 Å². The minimum atomic E-state index is -0.122. The van der Waals surface area contributed by atoms with Gasteiger partial charge in [0.15, 0.2) is 5.78 Å². The number of rotatable bonds is 3. The number of nitrogens with zero attached hydrogens (tertiary/aromatic N) is 1. The van der Waals surface area contributed by atoms with Gasteiger partial charge in [0.1, 0.15) is 5.75 Å². The van der Waals surface area contributed by atoms with Gasteiger partial charge in [0, 0.05) is 5.56 Å². The molecule has 3 nitrogen and oxygen atoms in total. The van der Waals surface area contributed by atoms with Crippen molar-refractivity contribution in [2.75, 3.05) is 6.61 Å². The van der Waals surface area contributed by atoms with Gasteiger partial charge in [-0.1, -0.05) is 0 Å². The number of carbonyl (C=O) groups excluding carboxylic acids is 1. The molecule has 0 saturated carbocycles. The Morgan fingerprint density at radius 3 is 2.79 bits per heavy atom. The van der Waals surface area contributed by atoms with Crippen LogP contribution in [0, 0.1) is 11.3 Å². The number of carbonyl (C=O) groups is 1. The highest BCUT2D eigenvalue weighted by atomic mass is 16.5. The van der Waals surface area contributed by atoms with Gasteiger partial charge in [0.2, 0.25) is 0 Å². The average molecular weight is 189 g/mol. The number of Topliss-reactive ketones (excluding diaryl/α,β-unsaturated/α-hetero) is 1. The van der Waals surface area contributed by atoms with Gasteiger partial charge in [-0.2, -0.15) is 5.26 Å². The predicted octanol–water partition coefficient (Wildman–Crippen LogP) is 2.16. The smallest absolute Gasteiger partial charge is 0.161 e. The van der Waals surface area contributed by atoms with Gasteiger partial charge in [-0.15, -0.1) is 0 Å². The van der Waals surface area contributed by atoms with Gasteiger partial charge in [0.05, 0.1) is 18.2 Å². The van der Waals surface area contributed by atoms with E-state index in [0.717, 1.165) is 0 Å². The molecule has 14 heavy (non-hydrogen) atoms. The molecule has 3 heteroatoms. The van der Waals surface area contributed by atoms with Crippen LogP contribution >= 0.6 is 0 Å². The maximum absolute atomic E-state index is 11.2. The highest BCUT2D eigenvalue weighted by Crippen LogP contribution is 2.17. The molecule has 0 aliphatic heterocycles. The lowest BCUT2D eigenvalue weighted by atomic mass is 10.1. The molecular weight excluding hydrogens is 178 g/mol. The molecule has 0 N–H and O–H groups in total. The van der Waals surface area contributed by atoms with E-state index in [0.29, 0.717) is 23.5 Å². The van der Waals surface area contributed by atoms with Crippen molar-refractivity contribution in [3.63, 3.8) is 0 Å². The number of hydrogen-bond donors (Lipinski definition) is 0. The summed E-state index contributed by atoms with van der Waals surface area (Å²) in [4.78, 5) is 11.2. The molecule has 1 aromatic carbocycles. The van der Waals surface area contributed by atoms with Crippen molar-refractivity contribution in [3.8, 4) is 11.8 Å². The second kappa shape index (κ2) is 4.43. The van der Waals surface area contributed by atoms with Crippen LogP contribution in [0.1, 0.15) is 29.8 Å². The number of nitriles is 1. The van der Waals surface area contributed by atoms with E-state index in [1.54, 1.807) is 18.2 Å². The Morgan fingerprint density at radius 1 is 1.57 bits per heavy atom. The van der Waals surface area contributed by atoms with Crippen LogP contribution in [-0.2, 0) is 0 Å². The Balaban J connectivity index is 3.16. The van der Waals surface area contributed by atoms with Crippen LogP contribution in [0.4, 0.5) is 0 Å². The fourth-order valence-electron chi connectivity index (χ4n) is 1.17. The molecule has 1 rings (SSSR count). The summed E-state index contributed by atoms with van der Waals surface area (Å²) in [6.45, 7) is 3.85. The topological polar surface area (TPSA) is 50.1 Å². The van der Waals surface area contributed by atoms with Crippen LogP contribution in [0.3, 0.4) is 0 Å². The molecule has 72 valence electrons. The monoisotopic (exact) mass is 189 g/mol. The van der Waals surface area contributed by atoms with Crippen LogP contribution in [-0.4, -0.2) is 12.4 Å². The van der Waals surface area contributed by atoms with Crippen molar-refractivity contribution >= 4 is 5.78 Å². The van der Waals surface area contributed by atoms with Gasteiger partial charge in [0.25, 0.3) is 0 Å². The molecule has 0 saturated heterocycles. The minimum Gasteiger partial charge on any atom is -0.494 e. The molecule has 0 fully saturated rings. The van der Waals surface area contributed by atoms with E-state index in [9.17, 15) is 4.79 Å². The first-order valence-electron chi connectivity index (χ1n) is 4.37. The Labute approximate surface area is 82.9 Å². The fraction of sp³-hybridized carbons (Fsp3) is 0.273. The first kappa shape index (κ1) is 10.3. The molecule has 0 radical (unpaired) electrons. The van der Waals surface area contributed by atoms with Crippen molar-refractivity contribution in [2.24, 2.45) is 0 Å². The van der Waals surface area contributed by atoms with Crippen LogP contribution in [0.2, 0.25) is 0 Å². The van der Waals surface area contributed by atoms with E-state index in [1.807, 2.05) is 13.0 Å². The quantitative estimate of drug-likeness (QED) is 0.684. The lowest BCUT2D eigenvalue weighted by Crippen LogP contribution is -1.99. The van der Waals surface area contributed by atoms with Crippen molar-refractivity contribution in [1.29, 1.82) is 5.26 Å². The Kier molecular flexibility index (Phi) is 3.24. The van der Waals surface area contributed by atoms with Crippen molar-refractivity contribution in [3.05, 3.63) is 29.3 Å². The van der Waals surface area contributed by atoms with E-state index in [1.165, 1.54) is 6.92 Å². The SMILES string of the molecule is CCOc1ccc(C#N)c(C(C)=O)c1. The zero-order valence-corrected chi connectivity index (χ0v) is 8.20. The third-order valence-electron chi connectivity index (χ3n) is 1.80. The summed E-state index contributed by atoms with van der Waals surface area (Å²) in [6.07, 6.45) is 0. The van der Waals surface area contributed by atoms with Crippen LogP contribution in [0.25, 0.3) is 0 Å². The maximum Gasteiger partial charge on any atom is 0.161 e. The Hall–Kier alpha value is -1.82. The normalized spacial score (nSPS) is 9.21. The van der Waals surface area contributed by atoms with Crippen molar-refractivity contribution < 1.29 is 9.53 Å². The van der Waals surface area contributed by atoms with Gasteiger partial charge < -0.3 is 4.74 Å². The zero-order valence-electron chi connectivity index (χ0n) is 8.20. The summed E-state index contributed by atoms with van der Waals surface area (Å²) < 4.78 is 5.23. The first-order chi connectivity index (χ1) is 6.69. The number of benzene rings is 1. The molecule has 0 bridgehead atoms. The summed E-state index contributed by atoms with van der Waals surface area (Å²) in [5, 5.41) is 8.75. The predicted molar refractivity (Wildman–Crippen MR) is 52.3 cm³/mol. The number of hydrogen-bond acceptors (Lipinski definition) is 3. The molecule has 0 atom stereocenters. The second-order valence-electron chi connectivity index (χ2n) is 2.81. The molecule has 0 aliphatic rings. The van der Waals surface area contributed by atoms with E-state index in [4.69, 9.17) is 10.00 Å². The molecule has 0 heterocycles. The maximum atomic E-state index is 11.2. The van der Waals surface area contributed by atoms with Gasteiger partial charge >= 0.3 is 0 Å². The van der Waals surface area contributed by atoms with Crippen LogP contribution in [0.15, 0.2) is 18.2 Å². The summed E-state index contributed by atoms with van der Waals surface area (Å²) in [7, 11) is 0. The lowest BCUT2D eigenvalue weighted by Gasteiger charge is -2.05. The zero-order chi connectivity index (χ0) is 10.6. The number of ketones is 1. The second-order valence-corrected chi connectivity index (χ2v) is 2.81. The lowest BCUT2D eigenvalue weighted by molar-refractivity contribution is 0.101. The molecule has 0 amide bonds. The largest absolute Gasteiger partial charge is 0.494 e. The average Bonchev–Trinajstić information content (AvgIpc) is 2.18. The molecule has 0 aromatic heterocycles. The molecule has 1 aromatic rings. The van der Waals surface area contributed by atoms with Gasteiger partial charge in [-0.3, -0.25) is 4.79 Å². The standard InChI is InChI=1S/C11H11NO2/c1-3-14-10-5-4-9(7-12)11(6-10)8(2)13/h4-6H,3H2,1-2H3. The van der Waals surface area contributed by atoms with Crippen LogP contribution < -0.4 is 4.74 Å². The third-order valence-corrected chi connectivity index (χ3v) is 1.80. The summed E-state index contributed by atoms with van der Waals surface area (Å²) in [5.74, 6) is 0.500. The highest BCUT2D eigenvalue weighted by molar-refractivity contribution is 5.96. The fourth-order valence-corrected chi connectivity index (χ4v) is 1.17.